The van der Waals surface area contributed by atoms with Gasteiger partial charge in [-0.3, -0.25) is 4.79 Å². The van der Waals surface area contributed by atoms with E-state index in [4.69, 9.17) is 14.2 Å². The van der Waals surface area contributed by atoms with Gasteiger partial charge in [0, 0.05) is 11.8 Å². The molecule has 0 aliphatic carbocycles. The normalized spacial score (nSPS) is 11.4. The van der Waals surface area contributed by atoms with E-state index in [1.807, 2.05) is 19.1 Å². The van der Waals surface area contributed by atoms with Crippen LogP contribution in [0.4, 0.5) is 5.69 Å². The first-order valence-corrected chi connectivity index (χ1v) is 8.31. The summed E-state index contributed by atoms with van der Waals surface area (Å²) in [5, 5.41) is 2.69. The van der Waals surface area contributed by atoms with E-state index in [0.717, 1.165) is 12.0 Å². The number of aryl methyl sites for hydroxylation is 1. The first-order chi connectivity index (χ1) is 12.5. The van der Waals surface area contributed by atoms with Crippen molar-refractivity contribution in [1.82, 2.24) is 0 Å². The third-order valence-corrected chi connectivity index (χ3v) is 3.90. The van der Waals surface area contributed by atoms with Crippen LogP contribution in [-0.4, -0.2) is 32.2 Å². The van der Waals surface area contributed by atoms with Crippen molar-refractivity contribution in [2.45, 2.75) is 26.4 Å². The van der Waals surface area contributed by atoms with E-state index in [9.17, 15) is 9.59 Å². The number of hydrogen-bond acceptors (Lipinski definition) is 5. The molecule has 0 bridgehead atoms. The Morgan fingerprint density at radius 3 is 2.23 bits per heavy atom. The highest BCUT2D eigenvalue weighted by Crippen LogP contribution is 2.29. The molecule has 0 fully saturated rings. The molecule has 1 atom stereocenters. The number of esters is 1. The molecule has 0 saturated heterocycles. The molecule has 0 aliphatic heterocycles. The molecule has 2 aromatic rings. The molecule has 1 N–H and O–H groups in total. The first kappa shape index (κ1) is 19.3. The number of amides is 1. The average molecular weight is 357 g/mol. The number of carbonyl (C=O) groups excluding carboxylic acids is 2. The summed E-state index contributed by atoms with van der Waals surface area (Å²) < 4.78 is 15.6. The Labute approximate surface area is 153 Å². The number of benzene rings is 2. The fourth-order valence-electron chi connectivity index (χ4n) is 2.32. The topological polar surface area (TPSA) is 73.9 Å². The van der Waals surface area contributed by atoms with Gasteiger partial charge in [-0.05, 0) is 43.2 Å². The van der Waals surface area contributed by atoms with Gasteiger partial charge in [-0.2, -0.15) is 0 Å². The Kier molecular flexibility index (Phi) is 6.60. The molecule has 0 radical (unpaired) electrons. The minimum absolute atomic E-state index is 0.410. The highest BCUT2D eigenvalue weighted by molar-refractivity contribution is 5.97. The van der Waals surface area contributed by atoms with Gasteiger partial charge in [-0.15, -0.1) is 0 Å². The van der Waals surface area contributed by atoms with E-state index in [1.54, 1.807) is 30.3 Å². The van der Waals surface area contributed by atoms with Gasteiger partial charge in [-0.25, -0.2) is 4.79 Å². The third kappa shape index (κ3) is 4.75. The molecule has 0 aromatic heterocycles. The van der Waals surface area contributed by atoms with E-state index in [-0.39, 0.29) is 0 Å². The van der Waals surface area contributed by atoms with Crippen molar-refractivity contribution in [2.75, 3.05) is 19.5 Å². The lowest BCUT2D eigenvalue weighted by atomic mass is 10.1. The van der Waals surface area contributed by atoms with Crippen LogP contribution in [0.25, 0.3) is 0 Å². The molecule has 0 spiro atoms. The van der Waals surface area contributed by atoms with Crippen molar-refractivity contribution in [1.29, 1.82) is 0 Å². The minimum Gasteiger partial charge on any atom is -0.493 e. The van der Waals surface area contributed by atoms with Gasteiger partial charge >= 0.3 is 5.97 Å². The molecule has 2 aromatic carbocycles. The Hall–Kier alpha value is -3.02. The summed E-state index contributed by atoms with van der Waals surface area (Å²) in [6, 6.07) is 12.1. The third-order valence-electron chi connectivity index (χ3n) is 3.90. The molecule has 6 heteroatoms. The zero-order valence-corrected chi connectivity index (χ0v) is 15.4. The molecule has 0 aliphatic rings. The SMILES string of the molecule is CCc1ccc(C(=O)OC(C)C(=O)Nc2ccc(OC)c(OC)c2)cc1. The van der Waals surface area contributed by atoms with Crippen LogP contribution in [0.1, 0.15) is 29.8 Å². The van der Waals surface area contributed by atoms with Gasteiger partial charge in [0.1, 0.15) is 0 Å². The van der Waals surface area contributed by atoms with Gasteiger partial charge in [0.05, 0.1) is 19.8 Å². The molecule has 2 rings (SSSR count). The van der Waals surface area contributed by atoms with Crippen LogP contribution in [-0.2, 0) is 16.0 Å². The van der Waals surface area contributed by atoms with Crippen LogP contribution >= 0.6 is 0 Å². The van der Waals surface area contributed by atoms with Gasteiger partial charge < -0.3 is 19.5 Å². The van der Waals surface area contributed by atoms with Crippen LogP contribution < -0.4 is 14.8 Å². The van der Waals surface area contributed by atoms with Gasteiger partial charge in [0.2, 0.25) is 0 Å². The average Bonchev–Trinajstić information content (AvgIpc) is 2.67. The van der Waals surface area contributed by atoms with E-state index >= 15 is 0 Å². The van der Waals surface area contributed by atoms with Crippen molar-refractivity contribution in [3.63, 3.8) is 0 Å². The highest BCUT2D eigenvalue weighted by atomic mass is 16.5. The van der Waals surface area contributed by atoms with Crippen molar-refractivity contribution in [3.05, 3.63) is 53.6 Å². The first-order valence-electron chi connectivity index (χ1n) is 8.31. The Morgan fingerprint density at radius 1 is 1.00 bits per heavy atom. The monoisotopic (exact) mass is 357 g/mol. The second-order valence-corrected chi connectivity index (χ2v) is 5.66. The molecule has 26 heavy (non-hydrogen) atoms. The van der Waals surface area contributed by atoms with Crippen LogP contribution in [0.3, 0.4) is 0 Å². The Bertz CT molecular complexity index is 770. The maximum atomic E-state index is 12.3. The van der Waals surface area contributed by atoms with Crippen LogP contribution in [0, 0.1) is 0 Å². The number of methoxy groups -OCH3 is 2. The standard InChI is InChI=1S/C20H23NO5/c1-5-14-6-8-15(9-7-14)20(23)26-13(2)19(22)21-16-10-11-17(24-3)18(12-16)25-4/h6-13H,5H2,1-4H3,(H,21,22). The van der Waals surface area contributed by atoms with Gasteiger partial charge in [0.15, 0.2) is 17.6 Å². The minimum atomic E-state index is -0.943. The summed E-state index contributed by atoms with van der Waals surface area (Å²) in [5.74, 6) is 0.0739. The summed E-state index contributed by atoms with van der Waals surface area (Å²) in [7, 11) is 3.04. The molecular weight excluding hydrogens is 334 g/mol. The van der Waals surface area contributed by atoms with Crippen molar-refractivity contribution in [2.24, 2.45) is 0 Å². The molecule has 138 valence electrons. The summed E-state index contributed by atoms with van der Waals surface area (Å²) in [5.41, 5.74) is 2.05. The van der Waals surface area contributed by atoms with E-state index in [2.05, 4.69) is 5.32 Å². The number of hydrogen-bond donors (Lipinski definition) is 1. The number of rotatable bonds is 7. The van der Waals surface area contributed by atoms with Crippen LogP contribution in [0.15, 0.2) is 42.5 Å². The Morgan fingerprint density at radius 2 is 1.65 bits per heavy atom. The zero-order chi connectivity index (χ0) is 19.1. The summed E-state index contributed by atoms with van der Waals surface area (Å²) >= 11 is 0. The van der Waals surface area contributed by atoms with Crippen molar-refractivity contribution < 1.29 is 23.8 Å². The van der Waals surface area contributed by atoms with Gasteiger partial charge in [-0.1, -0.05) is 19.1 Å². The predicted octanol–water partition coefficient (Wildman–Crippen LogP) is 3.45. The largest absolute Gasteiger partial charge is 0.493 e. The molecule has 0 saturated carbocycles. The predicted molar refractivity (Wildman–Crippen MR) is 98.9 cm³/mol. The maximum absolute atomic E-state index is 12.3. The van der Waals surface area contributed by atoms with Crippen molar-refractivity contribution in [3.8, 4) is 11.5 Å². The van der Waals surface area contributed by atoms with Crippen LogP contribution in [0.5, 0.6) is 11.5 Å². The number of carbonyl (C=O) groups is 2. The molecule has 1 unspecified atom stereocenters. The lowest BCUT2D eigenvalue weighted by Crippen LogP contribution is -2.30. The summed E-state index contributed by atoms with van der Waals surface area (Å²) in [6.07, 6.45) is -0.0548. The van der Waals surface area contributed by atoms with E-state index < -0.39 is 18.0 Å². The quantitative estimate of drug-likeness (QED) is 0.768. The molecule has 1 amide bonds. The highest BCUT2D eigenvalue weighted by Gasteiger charge is 2.19. The fourth-order valence-corrected chi connectivity index (χ4v) is 2.32. The summed E-state index contributed by atoms with van der Waals surface area (Å²) in [6.45, 7) is 3.56. The molecule has 0 heterocycles. The van der Waals surface area contributed by atoms with Gasteiger partial charge in [0.25, 0.3) is 5.91 Å². The van der Waals surface area contributed by atoms with E-state index in [0.29, 0.717) is 22.7 Å². The van der Waals surface area contributed by atoms with Crippen LogP contribution in [0.2, 0.25) is 0 Å². The zero-order valence-electron chi connectivity index (χ0n) is 15.4. The number of ether oxygens (including phenoxy) is 3. The lowest BCUT2D eigenvalue weighted by Gasteiger charge is -2.15. The lowest BCUT2D eigenvalue weighted by molar-refractivity contribution is -0.123. The maximum Gasteiger partial charge on any atom is 0.338 e. The second kappa shape index (κ2) is 8.89. The fraction of sp³-hybridized carbons (Fsp3) is 0.300. The summed E-state index contributed by atoms with van der Waals surface area (Å²) in [4.78, 5) is 24.4. The number of anilines is 1. The number of nitrogens with one attached hydrogen (secondary N) is 1. The Balaban J connectivity index is 1.99. The van der Waals surface area contributed by atoms with E-state index in [1.165, 1.54) is 21.1 Å². The smallest absolute Gasteiger partial charge is 0.338 e. The van der Waals surface area contributed by atoms with Crippen molar-refractivity contribution >= 4 is 17.6 Å². The molecular formula is C20H23NO5. The second-order valence-electron chi connectivity index (χ2n) is 5.66. The molecule has 6 nitrogen and oxygen atoms in total.